The van der Waals surface area contributed by atoms with Gasteiger partial charge in [-0.1, -0.05) is 12.1 Å². The summed E-state index contributed by atoms with van der Waals surface area (Å²) in [5.41, 5.74) is 2.85. The predicted molar refractivity (Wildman–Crippen MR) is 88.0 cm³/mol. The van der Waals surface area contributed by atoms with E-state index in [0.717, 1.165) is 48.5 Å². The third kappa shape index (κ3) is 2.75. The van der Waals surface area contributed by atoms with E-state index in [1.807, 2.05) is 43.1 Å². The SMILES string of the molecule is CC(=O)N(C)C1CCN(c2nc3ccccc3nc2C)CC1. The van der Waals surface area contributed by atoms with E-state index >= 15 is 0 Å². The molecule has 2 aromatic rings. The monoisotopic (exact) mass is 298 g/mol. The van der Waals surface area contributed by atoms with Gasteiger partial charge in [-0.25, -0.2) is 9.97 Å². The number of hydrogen-bond donors (Lipinski definition) is 0. The summed E-state index contributed by atoms with van der Waals surface area (Å²) in [6.07, 6.45) is 1.95. The molecule has 3 rings (SSSR count). The summed E-state index contributed by atoms with van der Waals surface area (Å²) in [4.78, 5) is 25.1. The summed E-state index contributed by atoms with van der Waals surface area (Å²) >= 11 is 0. The topological polar surface area (TPSA) is 49.3 Å². The highest BCUT2D eigenvalue weighted by Gasteiger charge is 2.25. The van der Waals surface area contributed by atoms with Crippen LogP contribution in [-0.4, -0.2) is 47.0 Å². The number of amides is 1. The van der Waals surface area contributed by atoms with Crippen LogP contribution in [0.15, 0.2) is 24.3 Å². The molecule has 0 N–H and O–H groups in total. The molecule has 1 amide bonds. The number of nitrogens with zero attached hydrogens (tertiary/aromatic N) is 4. The molecule has 22 heavy (non-hydrogen) atoms. The summed E-state index contributed by atoms with van der Waals surface area (Å²) in [7, 11) is 1.89. The fraction of sp³-hybridized carbons (Fsp3) is 0.471. The minimum atomic E-state index is 0.139. The zero-order valence-corrected chi connectivity index (χ0v) is 13.4. The van der Waals surface area contributed by atoms with Crippen molar-refractivity contribution in [3.05, 3.63) is 30.0 Å². The van der Waals surface area contributed by atoms with Crippen LogP contribution in [0.2, 0.25) is 0 Å². The van der Waals surface area contributed by atoms with Gasteiger partial charge in [-0.3, -0.25) is 4.79 Å². The number of carbonyl (C=O) groups is 1. The minimum absolute atomic E-state index is 0.139. The molecule has 0 unspecified atom stereocenters. The largest absolute Gasteiger partial charge is 0.355 e. The lowest BCUT2D eigenvalue weighted by Crippen LogP contribution is -2.45. The molecule has 0 aliphatic carbocycles. The van der Waals surface area contributed by atoms with Crippen molar-refractivity contribution in [2.24, 2.45) is 0 Å². The molecular formula is C17H22N4O. The van der Waals surface area contributed by atoms with Gasteiger partial charge < -0.3 is 9.80 Å². The second-order valence-corrected chi connectivity index (χ2v) is 5.97. The number of benzene rings is 1. The van der Waals surface area contributed by atoms with Crippen LogP contribution in [0, 0.1) is 6.92 Å². The molecule has 1 fully saturated rings. The van der Waals surface area contributed by atoms with Gasteiger partial charge in [-0.2, -0.15) is 0 Å². The predicted octanol–water partition coefficient (Wildman–Crippen LogP) is 2.39. The Kier molecular flexibility index (Phi) is 3.96. The molecule has 1 aromatic heterocycles. The first-order valence-corrected chi connectivity index (χ1v) is 7.78. The lowest BCUT2D eigenvalue weighted by atomic mass is 10.0. The fourth-order valence-corrected chi connectivity index (χ4v) is 3.10. The molecule has 1 saturated heterocycles. The summed E-state index contributed by atoms with van der Waals surface area (Å²) in [6, 6.07) is 8.31. The van der Waals surface area contributed by atoms with Crippen molar-refractivity contribution in [2.45, 2.75) is 32.7 Å². The van der Waals surface area contributed by atoms with Crippen LogP contribution in [0.3, 0.4) is 0 Å². The van der Waals surface area contributed by atoms with E-state index in [1.165, 1.54) is 0 Å². The fourth-order valence-electron chi connectivity index (χ4n) is 3.10. The molecule has 0 atom stereocenters. The third-order valence-corrected chi connectivity index (χ3v) is 4.53. The summed E-state index contributed by atoms with van der Waals surface area (Å²) in [5.74, 6) is 1.11. The molecule has 116 valence electrons. The standard InChI is InChI=1S/C17H22N4O/c1-12-17(19-16-7-5-4-6-15(16)18-12)21-10-8-14(9-11-21)20(3)13(2)22/h4-7,14H,8-11H2,1-3H3. The smallest absolute Gasteiger partial charge is 0.219 e. The molecule has 2 heterocycles. The van der Waals surface area contributed by atoms with Crippen molar-refractivity contribution < 1.29 is 4.79 Å². The molecule has 5 nitrogen and oxygen atoms in total. The molecular weight excluding hydrogens is 276 g/mol. The van der Waals surface area contributed by atoms with Gasteiger partial charge in [-0.15, -0.1) is 0 Å². The van der Waals surface area contributed by atoms with Crippen molar-refractivity contribution in [3.8, 4) is 0 Å². The van der Waals surface area contributed by atoms with Crippen molar-refractivity contribution in [2.75, 3.05) is 25.0 Å². The molecule has 0 saturated carbocycles. The van der Waals surface area contributed by atoms with Crippen molar-refractivity contribution in [1.82, 2.24) is 14.9 Å². The Bertz CT molecular complexity index is 692. The quantitative estimate of drug-likeness (QED) is 0.854. The van der Waals surface area contributed by atoms with Crippen LogP contribution in [0.5, 0.6) is 0 Å². The van der Waals surface area contributed by atoms with Gasteiger partial charge in [0, 0.05) is 33.1 Å². The summed E-state index contributed by atoms with van der Waals surface area (Å²) in [5, 5.41) is 0. The van der Waals surface area contributed by atoms with E-state index < -0.39 is 0 Å². The molecule has 0 radical (unpaired) electrons. The first kappa shape index (κ1) is 14.8. The van der Waals surface area contributed by atoms with Crippen LogP contribution in [0.25, 0.3) is 11.0 Å². The minimum Gasteiger partial charge on any atom is -0.355 e. The Hall–Kier alpha value is -2.17. The Morgan fingerprint density at radius 2 is 1.77 bits per heavy atom. The second-order valence-electron chi connectivity index (χ2n) is 5.97. The van der Waals surface area contributed by atoms with E-state index in [-0.39, 0.29) is 5.91 Å². The van der Waals surface area contributed by atoms with E-state index in [4.69, 9.17) is 4.98 Å². The maximum absolute atomic E-state index is 11.5. The highest BCUT2D eigenvalue weighted by Crippen LogP contribution is 2.24. The number of aromatic nitrogens is 2. The average Bonchev–Trinajstić information content (AvgIpc) is 2.53. The Morgan fingerprint density at radius 1 is 1.18 bits per heavy atom. The Balaban J connectivity index is 1.79. The normalized spacial score (nSPS) is 16.0. The van der Waals surface area contributed by atoms with E-state index in [1.54, 1.807) is 6.92 Å². The maximum atomic E-state index is 11.5. The van der Waals surface area contributed by atoms with E-state index in [9.17, 15) is 4.79 Å². The number of aryl methyl sites for hydroxylation is 1. The van der Waals surface area contributed by atoms with E-state index in [0.29, 0.717) is 6.04 Å². The lowest BCUT2D eigenvalue weighted by Gasteiger charge is -2.37. The number of hydrogen-bond acceptors (Lipinski definition) is 4. The van der Waals surface area contributed by atoms with Gasteiger partial charge in [0.2, 0.25) is 5.91 Å². The first-order chi connectivity index (χ1) is 10.6. The summed E-state index contributed by atoms with van der Waals surface area (Å²) in [6.45, 7) is 5.47. The van der Waals surface area contributed by atoms with Crippen molar-refractivity contribution >= 4 is 22.8 Å². The van der Waals surface area contributed by atoms with Gasteiger partial charge in [0.15, 0.2) is 5.82 Å². The number of anilines is 1. The van der Waals surface area contributed by atoms with Gasteiger partial charge in [0.25, 0.3) is 0 Å². The van der Waals surface area contributed by atoms with Gasteiger partial charge in [-0.05, 0) is 31.9 Å². The molecule has 0 spiro atoms. The molecule has 5 heteroatoms. The zero-order valence-electron chi connectivity index (χ0n) is 13.4. The number of carbonyl (C=O) groups excluding carboxylic acids is 1. The van der Waals surface area contributed by atoms with Crippen LogP contribution < -0.4 is 4.90 Å². The highest BCUT2D eigenvalue weighted by molar-refractivity contribution is 5.76. The molecule has 1 aliphatic heterocycles. The van der Waals surface area contributed by atoms with Gasteiger partial charge in [0.05, 0.1) is 16.7 Å². The number of para-hydroxylation sites is 2. The van der Waals surface area contributed by atoms with Crippen LogP contribution in [0.4, 0.5) is 5.82 Å². The third-order valence-electron chi connectivity index (χ3n) is 4.53. The van der Waals surface area contributed by atoms with Gasteiger partial charge >= 0.3 is 0 Å². The van der Waals surface area contributed by atoms with Crippen LogP contribution in [0.1, 0.15) is 25.5 Å². The maximum Gasteiger partial charge on any atom is 0.219 e. The van der Waals surface area contributed by atoms with E-state index in [2.05, 4.69) is 9.88 Å². The van der Waals surface area contributed by atoms with Crippen molar-refractivity contribution in [1.29, 1.82) is 0 Å². The number of piperidine rings is 1. The second kappa shape index (κ2) is 5.91. The lowest BCUT2D eigenvalue weighted by molar-refractivity contribution is -0.129. The molecule has 1 aromatic carbocycles. The Labute approximate surface area is 131 Å². The molecule has 1 aliphatic rings. The molecule has 0 bridgehead atoms. The van der Waals surface area contributed by atoms with Crippen LogP contribution >= 0.6 is 0 Å². The van der Waals surface area contributed by atoms with Crippen molar-refractivity contribution in [3.63, 3.8) is 0 Å². The number of rotatable bonds is 2. The zero-order chi connectivity index (χ0) is 15.7. The highest BCUT2D eigenvalue weighted by atomic mass is 16.2. The first-order valence-electron chi connectivity index (χ1n) is 7.78. The Morgan fingerprint density at radius 3 is 2.36 bits per heavy atom. The van der Waals surface area contributed by atoms with Gasteiger partial charge in [0.1, 0.15) is 0 Å². The van der Waals surface area contributed by atoms with Crippen LogP contribution in [-0.2, 0) is 4.79 Å². The number of fused-ring (bicyclic) bond motifs is 1. The summed E-state index contributed by atoms with van der Waals surface area (Å²) < 4.78 is 0. The average molecular weight is 298 g/mol.